The van der Waals surface area contributed by atoms with Crippen LogP contribution in [0.3, 0.4) is 0 Å². The molecule has 4 aromatic rings. The summed E-state index contributed by atoms with van der Waals surface area (Å²) in [5.41, 5.74) is 3.07. The van der Waals surface area contributed by atoms with Gasteiger partial charge >= 0.3 is 0 Å². The number of allylic oxidation sites excluding steroid dienone is 1. The fourth-order valence-corrected chi connectivity index (χ4v) is 4.07. The van der Waals surface area contributed by atoms with Crippen molar-refractivity contribution in [2.45, 2.75) is 6.04 Å². The van der Waals surface area contributed by atoms with Crippen LogP contribution in [0.4, 0.5) is 5.95 Å². The molecule has 0 saturated heterocycles. The summed E-state index contributed by atoms with van der Waals surface area (Å²) in [6, 6.07) is 22.0. The Morgan fingerprint density at radius 2 is 1.74 bits per heavy atom. The predicted octanol–water partition coefficient (Wildman–Crippen LogP) is 5.72. The second-order valence-electron chi connectivity index (χ2n) is 6.24. The number of nitrogens with zero attached hydrogens (tertiary/aromatic N) is 3. The van der Waals surface area contributed by atoms with Gasteiger partial charge in [-0.25, -0.2) is 4.68 Å². The molecule has 2 aromatic carbocycles. The Morgan fingerprint density at radius 1 is 0.926 bits per heavy atom. The Morgan fingerprint density at radius 3 is 2.48 bits per heavy atom. The molecule has 0 saturated carbocycles. The molecule has 1 aliphatic heterocycles. The van der Waals surface area contributed by atoms with Crippen LogP contribution < -0.4 is 5.32 Å². The van der Waals surface area contributed by atoms with Gasteiger partial charge in [0.25, 0.3) is 0 Å². The average molecular weight is 391 g/mol. The van der Waals surface area contributed by atoms with Crippen LogP contribution in [0.5, 0.6) is 0 Å². The maximum atomic E-state index is 6.05. The van der Waals surface area contributed by atoms with Crippen molar-refractivity contribution in [3.8, 4) is 11.4 Å². The monoisotopic (exact) mass is 390 g/mol. The number of rotatable bonds is 3. The molecule has 1 aliphatic rings. The lowest BCUT2D eigenvalue weighted by molar-refractivity contribution is 0.622. The van der Waals surface area contributed by atoms with E-state index in [0.29, 0.717) is 5.82 Å². The summed E-state index contributed by atoms with van der Waals surface area (Å²) in [7, 11) is 0. The minimum atomic E-state index is -0.00288. The third kappa shape index (κ3) is 3.05. The van der Waals surface area contributed by atoms with Gasteiger partial charge in [0.2, 0.25) is 5.95 Å². The molecule has 0 aliphatic carbocycles. The largest absolute Gasteiger partial charge is 0.324 e. The summed E-state index contributed by atoms with van der Waals surface area (Å²) in [6.07, 6.45) is 2.19. The lowest BCUT2D eigenvalue weighted by atomic mass is 10.1. The molecule has 6 heteroatoms. The highest BCUT2D eigenvalue weighted by molar-refractivity contribution is 7.10. The first-order valence-corrected chi connectivity index (χ1v) is 9.84. The van der Waals surface area contributed by atoms with E-state index in [-0.39, 0.29) is 6.04 Å². The van der Waals surface area contributed by atoms with Crippen molar-refractivity contribution in [1.82, 2.24) is 14.8 Å². The highest BCUT2D eigenvalue weighted by Gasteiger charge is 2.26. The number of hydrogen-bond acceptors (Lipinski definition) is 4. The molecule has 4 nitrogen and oxygen atoms in total. The van der Waals surface area contributed by atoms with E-state index in [2.05, 4.69) is 28.9 Å². The molecular formula is C21H15ClN4S. The fourth-order valence-electron chi connectivity index (χ4n) is 3.16. The van der Waals surface area contributed by atoms with E-state index in [9.17, 15) is 0 Å². The molecule has 3 heterocycles. The Bertz CT molecular complexity index is 1100. The van der Waals surface area contributed by atoms with Gasteiger partial charge in [-0.1, -0.05) is 60.1 Å². The molecule has 0 radical (unpaired) electrons. The third-order valence-electron chi connectivity index (χ3n) is 4.49. The molecule has 132 valence electrons. The molecule has 2 aromatic heterocycles. The molecule has 0 unspecified atom stereocenters. The summed E-state index contributed by atoms with van der Waals surface area (Å²) >= 11 is 7.76. The Balaban J connectivity index is 1.61. The summed E-state index contributed by atoms with van der Waals surface area (Å²) < 4.78 is 1.95. The molecule has 5 rings (SSSR count). The Labute approximate surface area is 165 Å². The quantitative estimate of drug-likeness (QED) is 0.486. The number of thiophene rings is 1. The lowest BCUT2D eigenvalue weighted by Gasteiger charge is -2.23. The number of aromatic nitrogens is 3. The first-order valence-electron chi connectivity index (χ1n) is 8.58. The maximum absolute atomic E-state index is 6.05. The van der Waals surface area contributed by atoms with Gasteiger partial charge in [0, 0.05) is 21.2 Å². The molecule has 1 atom stereocenters. The van der Waals surface area contributed by atoms with Gasteiger partial charge in [-0.15, -0.1) is 16.4 Å². The zero-order valence-corrected chi connectivity index (χ0v) is 15.8. The molecular weight excluding hydrogens is 376 g/mol. The summed E-state index contributed by atoms with van der Waals surface area (Å²) in [6.45, 7) is 0. The van der Waals surface area contributed by atoms with E-state index in [1.165, 1.54) is 4.88 Å². The molecule has 0 amide bonds. The van der Waals surface area contributed by atoms with E-state index < -0.39 is 0 Å². The third-order valence-corrected chi connectivity index (χ3v) is 5.68. The summed E-state index contributed by atoms with van der Waals surface area (Å²) in [5, 5.41) is 11.0. The SMILES string of the molecule is Clc1ccc(C2=C[C@H](c3cccs3)n3nc(-c4ccccc4)nc3N2)cc1. The van der Waals surface area contributed by atoms with Crippen molar-refractivity contribution < 1.29 is 0 Å². The Hall–Kier alpha value is -2.89. The highest BCUT2D eigenvalue weighted by atomic mass is 35.5. The van der Waals surface area contributed by atoms with E-state index in [0.717, 1.165) is 27.8 Å². The van der Waals surface area contributed by atoms with Crippen LogP contribution in [0, 0.1) is 0 Å². The second kappa shape index (κ2) is 6.68. The molecule has 0 bridgehead atoms. The van der Waals surface area contributed by atoms with Gasteiger partial charge in [0.15, 0.2) is 5.82 Å². The van der Waals surface area contributed by atoms with E-state index in [1.54, 1.807) is 11.3 Å². The van der Waals surface area contributed by atoms with Crippen LogP contribution >= 0.6 is 22.9 Å². The normalized spacial score (nSPS) is 15.7. The van der Waals surface area contributed by atoms with Gasteiger partial charge in [0.1, 0.15) is 6.04 Å². The van der Waals surface area contributed by atoms with E-state index in [1.807, 2.05) is 59.3 Å². The Kier molecular flexibility index (Phi) is 4.03. The summed E-state index contributed by atoms with van der Waals surface area (Å²) in [4.78, 5) is 5.97. The van der Waals surface area contributed by atoms with Crippen molar-refractivity contribution in [2.75, 3.05) is 5.32 Å². The summed E-state index contributed by atoms with van der Waals surface area (Å²) in [5.74, 6) is 1.45. The minimum Gasteiger partial charge on any atom is -0.324 e. The van der Waals surface area contributed by atoms with Gasteiger partial charge < -0.3 is 5.32 Å². The number of anilines is 1. The van der Waals surface area contributed by atoms with Crippen LogP contribution in [-0.2, 0) is 0 Å². The van der Waals surface area contributed by atoms with Gasteiger partial charge in [-0.2, -0.15) is 4.98 Å². The number of fused-ring (bicyclic) bond motifs is 1. The predicted molar refractivity (Wildman–Crippen MR) is 111 cm³/mol. The first kappa shape index (κ1) is 16.3. The zero-order valence-electron chi connectivity index (χ0n) is 14.2. The average Bonchev–Trinajstić information content (AvgIpc) is 3.38. The van der Waals surface area contributed by atoms with Crippen LogP contribution in [0.2, 0.25) is 5.02 Å². The van der Waals surface area contributed by atoms with Crippen molar-refractivity contribution >= 4 is 34.6 Å². The van der Waals surface area contributed by atoms with Crippen molar-refractivity contribution in [3.05, 3.63) is 93.6 Å². The number of halogens is 1. The molecule has 1 N–H and O–H groups in total. The van der Waals surface area contributed by atoms with E-state index in [4.69, 9.17) is 21.7 Å². The van der Waals surface area contributed by atoms with Crippen LogP contribution in [0.25, 0.3) is 17.1 Å². The number of benzene rings is 2. The van der Waals surface area contributed by atoms with Gasteiger partial charge in [-0.05, 0) is 35.2 Å². The van der Waals surface area contributed by atoms with Crippen LogP contribution in [0.15, 0.2) is 78.2 Å². The second-order valence-corrected chi connectivity index (χ2v) is 7.66. The van der Waals surface area contributed by atoms with E-state index >= 15 is 0 Å². The highest BCUT2D eigenvalue weighted by Crippen LogP contribution is 2.35. The molecule has 27 heavy (non-hydrogen) atoms. The van der Waals surface area contributed by atoms with Crippen molar-refractivity contribution in [2.24, 2.45) is 0 Å². The van der Waals surface area contributed by atoms with Gasteiger partial charge in [-0.3, -0.25) is 0 Å². The van der Waals surface area contributed by atoms with Crippen LogP contribution in [0.1, 0.15) is 16.5 Å². The fraction of sp³-hybridized carbons (Fsp3) is 0.0476. The number of nitrogens with one attached hydrogen (secondary N) is 1. The van der Waals surface area contributed by atoms with Gasteiger partial charge in [0.05, 0.1) is 0 Å². The zero-order chi connectivity index (χ0) is 18.2. The topological polar surface area (TPSA) is 42.7 Å². The number of hydrogen-bond donors (Lipinski definition) is 1. The minimum absolute atomic E-state index is 0.00288. The molecule has 0 fully saturated rings. The lowest BCUT2D eigenvalue weighted by Crippen LogP contribution is -2.19. The van der Waals surface area contributed by atoms with Crippen molar-refractivity contribution in [1.29, 1.82) is 0 Å². The molecule has 0 spiro atoms. The standard InChI is InChI=1S/C21H15ClN4S/c22-16-10-8-14(9-11-16)17-13-18(19-7-4-12-27-19)26-21(23-17)24-20(25-26)15-5-2-1-3-6-15/h1-13,18H,(H,23,24,25)/t18-/m1/s1. The maximum Gasteiger partial charge on any atom is 0.227 e. The first-order chi connectivity index (χ1) is 13.3. The van der Waals surface area contributed by atoms with Crippen molar-refractivity contribution in [3.63, 3.8) is 0 Å². The smallest absolute Gasteiger partial charge is 0.227 e. The van der Waals surface area contributed by atoms with Crippen LogP contribution in [-0.4, -0.2) is 14.8 Å².